The summed E-state index contributed by atoms with van der Waals surface area (Å²) in [7, 11) is 1.71. The van der Waals surface area contributed by atoms with Gasteiger partial charge in [0.2, 0.25) is 5.91 Å². The van der Waals surface area contributed by atoms with Crippen molar-refractivity contribution in [1.29, 1.82) is 0 Å². The van der Waals surface area contributed by atoms with Gasteiger partial charge in [-0.2, -0.15) is 0 Å². The van der Waals surface area contributed by atoms with E-state index in [4.69, 9.17) is 17.2 Å². The van der Waals surface area contributed by atoms with E-state index in [1.165, 1.54) is 12.1 Å². The number of halogens is 1. The molecule has 20 heavy (non-hydrogen) atoms. The van der Waals surface area contributed by atoms with Crippen molar-refractivity contribution in [2.75, 3.05) is 36.5 Å². The summed E-state index contributed by atoms with van der Waals surface area (Å²) in [5, 5.41) is 2.98. The number of carbonyl (C=O) groups excluding carboxylic acids is 1. The van der Waals surface area contributed by atoms with Crippen LogP contribution in [0.2, 0.25) is 0 Å². The van der Waals surface area contributed by atoms with Gasteiger partial charge < -0.3 is 27.4 Å². The van der Waals surface area contributed by atoms with Crippen molar-refractivity contribution in [3.8, 4) is 0 Å². The van der Waals surface area contributed by atoms with Gasteiger partial charge in [-0.15, -0.1) is 0 Å². The number of nitrogens with two attached hydrogens (primary N) is 3. The third kappa shape index (κ3) is 2.36. The summed E-state index contributed by atoms with van der Waals surface area (Å²) in [5.41, 5.74) is 17.1. The van der Waals surface area contributed by atoms with Crippen LogP contribution < -0.4 is 27.4 Å². The van der Waals surface area contributed by atoms with Crippen molar-refractivity contribution in [3.63, 3.8) is 0 Å². The van der Waals surface area contributed by atoms with Gasteiger partial charge in [-0.05, 0) is 32.0 Å². The van der Waals surface area contributed by atoms with Crippen molar-refractivity contribution in [3.05, 3.63) is 17.9 Å². The van der Waals surface area contributed by atoms with E-state index in [0.29, 0.717) is 43.0 Å². The first-order chi connectivity index (χ1) is 9.39. The summed E-state index contributed by atoms with van der Waals surface area (Å²) in [5.74, 6) is -0.830. The normalized spacial score (nSPS) is 18.0. The molecule has 6 nitrogen and oxygen atoms in total. The van der Waals surface area contributed by atoms with E-state index >= 15 is 0 Å². The Morgan fingerprint density at radius 2 is 1.95 bits per heavy atom. The maximum absolute atomic E-state index is 14.0. The van der Waals surface area contributed by atoms with Gasteiger partial charge in [0, 0.05) is 18.8 Å². The number of hydrogen-bond donors (Lipinski definition) is 4. The Bertz CT molecular complexity index is 502. The predicted molar refractivity (Wildman–Crippen MR) is 77.7 cm³/mol. The zero-order valence-corrected chi connectivity index (χ0v) is 11.4. The molecule has 110 valence electrons. The number of likely N-dealkylation sites (N-methyl/N-ethyl adjacent to an activating group) is 1. The minimum atomic E-state index is -0.727. The van der Waals surface area contributed by atoms with E-state index in [2.05, 4.69) is 5.32 Å². The second-order valence-corrected chi connectivity index (χ2v) is 5.12. The first-order valence-corrected chi connectivity index (χ1v) is 6.48. The summed E-state index contributed by atoms with van der Waals surface area (Å²) in [4.78, 5) is 13.4. The van der Waals surface area contributed by atoms with Gasteiger partial charge in [-0.25, -0.2) is 4.39 Å². The third-order valence-electron chi connectivity index (χ3n) is 4.00. The summed E-state index contributed by atoms with van der Waals surface area (Å²) >= 11 is 0. The second-order valence-electron chi connectivity index (χ2n) is 5.12. The molecule has 7 N–H and O–H groups in total. The van der Waals surface area contributed by atoms with Crippen molar-refractivity contribution in [2.24, 2.45) is 5.73 Å². The predicted octanol–water partition coefficient (Wildman–Crippen LogP) is 0.0338. The number of piperidine rings is 1. The van der Waals surface area contributed by atoms with Gasteiger partial charge in [-0.1, -0.05) is 0 Å². The molecule has 0 aliphatic carbocycles. The monoisotopic (exact) mass is 281 g/mol. The summed E-state index contributed by atoms with van der Waals surface area (Å²) < 4.78 is 14.0. The molecule has 1 aliphatic heterocycles. The average Bonchev–Trinajstić information content (AvgIpc) is 2.38. The molecule has 1 aromatic rings. The van der Waals surface area contributed by atoms with Gasteiger partial charge in [0.25, 0.3) is 0 Å². The molecule has 1 aromatic carbocycles. The van der Waals surface area contributed by atoms with Crippen molar-refractivity contribution >= 4 is 23.0 Å². The second kappa shape index (κ2) is 5.16. The van der Waals surface area contributed by atoms with Crippen LogP contribution in [-0.4, -0.2) is 31.6 Å². The number of nitrogens with zero attached hydrogens (tertiary/aromatic N) is 1. The largest absolute Gasteiger partial charge is 0.399 e. The highest BCUT2D eigenvalue weighted by molar-refractivity contribution is 5.85. The van der Waals surface area contributed by atoms with Gasteiger partial charge >= 0.3 is 0 Å². The van der Waals surface area contributed by atoms with Crippen LogP contribution >= 0.6 is 0 Å². The van der Waals surface area contributed by atoms with Crippen molar-refractivity contribution in [1.82, 2.24) is 5.32 Å². The lowest BCUT2D eigenvalue weighted by molar-refractivity contribution is -0.125. The molecule has 1 fully saturated rings. The average molecular weight is 281 g/mol. The molecule has 0 atom stereocenters. The number of carbonyl (C=O) groups is 1. The Balaban J connectivity index is 2.21. The molecule has 0 bridgehead atoms. The molecule has 0 radical (unpaired) electrons. The first kappa shape index (κ1) is 14.4. The minimum Gasteiger partial charge on any atom is -0.399 e. The highest BCUT2D eigenvalue weighted by Crippen LogP contribution is 2.33. The highest BCUT2D eigenvalue weighted by Gasteiger charge is 2.39. The zero-order valence-electron chi connectivity index (χ0n) is 11.4. The fraction of sp³-hybridized carbons (Fsp3) is 0.462. The molecule has 1 aliphatic rings. The molecular weight excluding hydrogens is 261 g/mol. The standard InChI is InChI=1S/C13H20FN5O/c1-18-13(12(17)20)2-4-19(5-3-13)11-9(14)6-8(15)7-10(11)16/h6-7,18H,2-5,15-16H2,1H3,(H2,17,20). The lowest BCUT2D eigenvalue weighted by Crippen LogP contribution is -2.59. The van der Waals surface area contributed by atoms with Crippen molar-refractivity contribution < 1.29 is 9.18 Å². The first-order valence-electron chi connectivity index (χ1n) is 6.48. The molecule has 2 rings (SSSR count). The lowest BCUT2D eigenvalue weighted by atomic mass is 9.86. The molecule has 0 unspecified atom stereocenters. The van der Waals surface area contributed by atoms with Crippen LogP contribution in [-0.2, 0) is 4.79 Å². The number of primary amides is 1. The van der Waals surface area contributed by atoms with Gasteiger partial charge in [-0.3, -0.25) is 4.79 Å². The zero-order chi connectivity index (χ0) is 14.9. The van der Waals surface area contributed by atoms with Gasteiger partial charge in [0.1, 0.15) is 5.54 Å². The highest BCUT2D eigenvalue weighted by atomic mass is 19.1. The fourth-order valence-electron chi connectivity index (χ4n) is 2.71. The van der Waals surface area contributed by atoms with Crippen molar-refractivity contribution in [2.45, 2.75) is 18.4 Å². The molecule has 1 amide bonds. The van der Waals surface area contributed by atoms with E-state index in [1.54, 1.807) is 7.05 Å². The Labute approximate surface area is 117 Å². The number of amides is 1. The van der Waals surface area contributed by atoms with Crippen LogP contribution in [0, 0.1) is 5.82 Å². The minimum absolute atomic E-state index is 0.294. The van der Waals surface area contributed by atoms with Crippen LogP contribution in [0.4, 0.5) is 21.5 Å². The van der Waals surface area contributed by atoms with Crippen LogP contribution in [0.1, 0.15) is 12.8 Å². The SMILES string of the molecule is CNC1(C(N)=O)CCN(c2c(N)cc(N)cc2F)CC1. The number of nitrogen functional groups attached to an aromatic ring is 2. The van der Waals surface area contributed by atoms with E-state index in [1.807, 2.05) is 4.90 Å². The van der Waals surface area contributed by atoms with Crippen LogP contribution in [0.15, 0.2) is 12.1 Å². The Morgan fingerprint density at radius 1 is 1.35 bits per heavy atom. The van der Waals surface area contributed by atoms with E-state index in [9.17, 15) is 9.18 Å². The maximum Gasteiger partial charge on any atom is 0.237 e. The molecular formula is C13H20FN5O. The topological polar surface area (TPSA) is 110 Å². The van der Waals surface area contributed by atoms with Crippen LogP contribution in [0.25, 0.3) is 0 Å². The Hall–Kier alpha value is -2.02. The van der Waals surface area contributed by atoms with Crippen LogP contribution in [0.5, 0.6) is 0 Å². The number of hydrogen-bond acceptors (Lipinski definition) is 5. The van der Waals surface area contributed by atoms with Crippen LogP contribution in [0.3, 0.4) is 0 Å². The van der Waals surface area contributed by atoms with Gasteiger partial charge in [0.15, 0.2) is 5.82 Å². The lowest BCUT2D eigenvalue weighted by Gasteiger charge is -2.40. The Morgan fingerprint density at radius 3 is 2.40 bits per heavy atom. The molecule has 1 heterocycles. The van der Waals surface area contributed by atoms with E-state index in [0.717, 1.165) is 0 Å². The summed E-state index contributed by atoms with van der Waals surface area (Å²) in [6, 6.07) is 2.78. The molecule has 7 heteroatoms. The number of nitrogens with one attached hydrogen (secondary N) is 1. The van der Waals surface area contributed by atoms with Gasteiger partial charge in [0.05, 0.1) is 11.4 Å². The maximum atomic E-state index is 14.0. The molecule has 0 spiro atoms. The molecule has 1 saturated heterocycles. The number of benzene rings is 1. The number of anilines is 3. The Kier molecular flexibility index (Phi) is 3.71. The van der Waals surface area contributed by atoms with E-state index < -0.39 is 11.4 Å². The number of rotatable bonds is 3. The summed E-state index contributed by atoms with van der Waals surface area (Å²) in [6.07, 6.45) is 1.00. The fourth-order valence-corrected chi connectivity index (χ4v) is 2.71. The quantitative estimate of drug-likeness (QED) is 0.584. The smallest absolute Gasteiger partial charge is 0.237 e. The third-order valence-corrected chi connectivity index (χ3v) is 4.00. The molecule has 0 saturated carbocycles. The summed E-state index contributed by atoms with van der Waals surface area (Å²) in [6.45, 7) is 0.990. The molecule has 0 aromatic heterocycles. The van der Waals surface area contributed by atoms with E-state index in [-0.39, 0.29) is 5.91 Å².